The van der Waals surface area contributed by atoms with Crippen LogP contribution < -0.4 is 0 Å². The Kier molecular flexibility index (Phi) is 2.41. The van der Waals surface area contributed by atoms with Crippen LogP contribution in [0, 0.1) is 5.92 Å². The highest BCUT2D eigenvalue weighted by atomic mass is 35.5. The largest absolute Gasteiger partial charge is 0.122 e. The van der Waals surface area contributed by atoms with Crippen LogP contribution >= 0.6 is 11.6 Å². The van der Waals surface area contributed by atoms with Crippen molar-refractivity contribution in [3.8, 4) is 0 Å². The molecule has 1 rings (SSSR count). The maximum Gasteiger partial charge on any atom is 0.0404 e. The number of hydrogen-bond donors (Lipinski definition) is 0. The molecule has 0 aromatic heterocycles. The Morgan fingerprint density at radius 3 is 2.62 bits per heavy atom. The topological polar surface area (TPSA) is 0 Å². The van der Waals surface area contributed by atoms with Crippen molar-refractivity contribution in [2.24, 2.45) is 5.92 Å². The summed E-state index contributed by atoms with van der Waals surface area (Å²) < 4.78 is 0. The van der Waals surface area contributed by atoms with E-state index in [4.69, 9.17) is 11.6 Å². The molecule has 46 valence electrons. The second-order valence-corrected chi connectivity index (χ2v) is 2.58. The Morgan fingerprint density at radius 1 is 1.50 bits per heavy atom. The number of hydrogen-bond acceptors (Lipinski definition) is 0. The maximum absolute atomic E-state index is 5.44. The Hall–Kier alpha value is 0.0300. The van der Waals surface area contributed by atoms with E-state index in [-0.39, 0.29) is 0 Å². The van der Waals surface area contributed by atoms with Crippen LogP contribution in [0.5, 0.6) is 0 Å². The van der Waals surface area contributed by atoms with Crippen LogP contribution in [0.1, 0.15) is 19.3 Å². The van der Waals surface area contributed by atoms with Gasteiger partial charge in [-0.1, -0.05) is 18.6 Å². The summed E-state index contributed by atoms with van der Waals surface area (Å²) in [7, 11) is 0. The smallest absolute Gasteiger partial charge is 0.0404 e. The van der Waals surface area contributed by atoms with Gasteiger partial charge in [0.25, 0.3) is 0 Å². The molecule has 0 radical (unpaired) electrons. The Balaban J connectivity index is 2.08. The molecule has 0 saturated heterocycles. The van der Waals surface area contributed by atoms with Gasteiger partial charge in [-0.05, 0) is 18.8 Å². The van der Waals surface area contributed by atoms with Gasteiger partial charge >= 0.3 is 0 Å². The summed E-state index contributed by atoms with van der Waals surface area (Å²) in [6.45, 7) is 0. The number of alkyl halides is 1. The van der Waals surface area contributed by atoms with E-state index < -0.39 is 0 Å². The highest BCUT2D eigenvalue weighted by Gasteiger charge is 2.12. The zero-order valence-corrected chi connectivity index (χ0v) is 5.69. The molecule has 8 heavy (non-hydrogen) atoms. The average Bonchev–Trinajstić information content (AvgIpc) is 1.63. The number of allylic oxidation sites excluding steroid dienone is 2. The molecule has 1 aliphatic carbocycles. The van der Waals surface area contributed by atoms with Crippen molar-refractivity contribution in [3.63, 3.8) is 0 Å². The summed E-state index contributed by atoms with van der Waals surface area (Å²) in [5.74, 6) is 1.55. The third-order valence-corrected chi connectivity index (χ3v) is 1.83. The van der Waals surface area contributed by atoms with Crippen LogP contribution in [-0.2, 0) is 0 Å². The second-order valence-electron chi connectivity index (χ2n) is 2.27. The van der Waals surface area contributed by atoms with Crippen molar-refractivity contribution in [2.75, 3.05) is 5.88 Å². The molecule has 0 N–H and O–H groups in total. The quantitative estimate of drug-likeness (QED) is 0.398. The summed E-state index contributed by atoms with van der Waals surface area (Å²) in [5.41, 5.74) is 0. The SMILES string of the molecule is ClCC=CC1CCC1. The lowest BCUT2D eigenvalue weighted by atomic mass is 9.85. The first-order chi connectivity index (χ1) is 3.93. The highest BCUT2D eigenvalue weighted by Crippen LogP contribution is 2.27. The van der Waals surface area contributed by atoms with Gasteiger partial charge in [0.05, 0.1) is 0 Å². The molecule has 0 unspecified atom stereocenters. The van der Waals surface area contributed by atoms with E-state index in [9.17, 15) is 0 Å². The van der Waals surface area contributed by atoms with E-state index in [1.54, 1.807) is 0 Å². The van der Waals surface area contributed by atoms with Gasteiger partial charge in [-0.25, -0.2) is 0 Å². The van der Waals surface area contributed by atoms with E-state index in [0.717, 1.165) is 5.92 Å². The van der Waals surface area contributed by atoms with Crippen LogP contribution in [-0.4, -0.2) is 5.88 Å². The summed E-state index contributed by atoms with van der Waals surface area (Å²) in [6.07, 6.45) is 8.46. The van der Waals surface area contributed by atoms with Gasteiger partial charge in [0.2, 0.25) is 0 Å². The number of rotatable bonds is 2. The van der Waals surface area contributed by atoms with Crippen molar-refractivity contribution in [1.29, 1.82) is 0 Å². The van der Waals surface area contributed by atoms with Crippen molar-refractivity contribution in [3.05, 3.63) is 12.2 Å². The molecule has 0 atom stereocenters. The van der Waals surface area contributed by atoms with E-state index in [1.165, 1.54) is 19.3 Å². The first-order valence-electron chi connectivity index (χ1n) is 3.16. The Labute approximate surface area is 55.5 Å². The molecule has 0 nitrogen and oxygen atoms in total. The first-order valence-corrected chi connectivity index (χ1v) is 3.69. The van der Waals surface area contributed by atoms with Gasteiger partial charge in [0.15, 0.2) is 0 Å². The van der Waals surface area contributed by atoms with Crippen LogP contribution in [0.15, 0.2) is 12.2 Å². The van der Waals surface area contributed by atoms with Crippen LogP contribution in [0.4, 0.5) is 0 Å². The third kappa shape index (κ3) is 1.52. The average molecular weight is 131 g/mol. The monoisotopic (exact) mass is 130 g/mol. The van der Waals surface area contributed by atoms with Gasteiger partial charge in [-0.15, -0.1) is 11.6 Å². The van der Waals surface area contributed by atoms with Crippen molar-refractivity contribution in [1.82, 2.24) is 0 Å². The second kappa shape index (κ2) is 3.13. The zero-order valence-electron chi connectivity index (χ0n) is 4.94. The standard InChI is InChI=1S/C7H11Cl/c8-6-2-5-7-3-1-4-7/h2,5,7H,1,3-4,6H2. The van der Waals surface area contributed by atoms with E-state index >= 15 is 0 Å². The molecule has 1 saturated carbocycles. The summed E-state index contributed by atoms with van der Waals surface area (Å²) >= 11 is 5.44. The summed E-state index contributed by atoms with van der Waals surface area (Å²) in [5, 5.41) is 0. The molecule has 0 aliphatic heterocycles. The predicted octanol–water partition coefficient (Wildman–Crippen LogP) is 2.58. The fourth-order valence-corrected chi connectivity index (χ4v) is 0.979. The van der Waals surface area contributed by atoms with Crippen molar-refractivity contribution < 1.29 is 0 Å². The van der Waals surface area contributed by atoms with E-state index in [2.05, 4.69) is 6.08 Å². The highest BCUT2D eigenvalue weighted by molar-refractivity contribution is 6.18. The molecule has 0 heterocycles. The minimum absolute atomic E-state index is 0.677. The first kappa shape index (κ1) is 6.15. The van der Waals surface area contributed by atoms with Gasteiger partial charge in [-0.2, -0.15) is 0 Å². The summed E-state index contributed by atoms with van der Waals surface area (Å²) in [6, 6.07) is 0. The summed E-state index contributed by atoms with van der Waals surface area (Å²) in [4.78, 5) is 0. The fraction of sp³-hybridized carbons (Fsp3) is 0.714. The van der Waals surface area contributed by atoms with Gasteiger partial charge in [0, 0.05) is 5.88 Å². The molecule has 1 heteroatoms. The van der Waals surface area contributed by atoms with Crippen LogP contribution in [0.2, 0.25) is 0 Å². The molecular weight excluding hydrogens is 120 g/mol. The third-order valence-electron chi connectivity index (χ3n) is 1.65. The Morgan fingerprint density at radius 2 is 2.25 bits per heavy atom. The number of halogens is 1. The molecule has 0 amide bonds. The van der Waals surface area contributed by atoms with Gasteiger partial charge in [0.1, 0.15) is 0 Å². The lowest BCUT2D eigenvalue weighted by Gasteiger charge is -2.20. The molecule has 0 spiro atoms. The lowest BCUT2D eigenvalue weighted by molar-refractivity contribution is 0.387. The maximum atomic E-state index is 5.44. The van der Waals surface area contributed by atoms with Crippen LogP contribution in [0.3, 0.4) is 0 Å². The molecule has 0 bridgehead atoms. The van der Waals surface area contributed by atoms with Gasteiger partial charge < -0.3 is 0 Å². The molecule has 1 aliphatic rings. The zero-order chi connectivity index (χ0) is 5.82. The molecule has 1 fully saturated rings. The fourth-order valence-electron chi connectivity index (χ4n) is 0.876. The normalized spacial score (nSPS) is 21.6. The lowest BCUT2D eigenvalue weighted by Crippen LogP contribution is -2.06. The van der Waals surface area contributed by atoms with E-state index in [0.29, 0.717) is 5.88 Å². The molecule has 0 aromatic rings. The van der Waals surface area contributed by atoms with Gasteiger partial charge in [-0.3, -0.25) is 0 Å². The minimum atomic E-state index is 0.677. The minimum Gasteiger partial charge on any atom is -0.122 e. The molecule has 0 aromatic carbocycles. The molecular formula is C7H11Cl. The van der Waals surface area contributed by atoms with Crippen molar-refractivity contribution in [2.45, 2.75) is 19.3 Å². The Bertz CT molecular complexity index is 82.4. The van der Waals surface area contributed by atoms with E-state index in [1.807, 2.05) is 6.08 Å². The van der Waals surface area contributed by atoms with Crippen LogP contribution in [0.25, 0.3) is 0 Å². The van der Waals surface area contributed by atoms with Crippen molar-refractivity contribution >= 4 is 11.6 Å². The predicted molar refractivity (Wildman–Crippen MR) is 37.2 cm³/mol.